The molecule has 0 amide bonds. The number of Topliss-reactive ketones (excluding diaryl/α,β-unsaturated/α-hetero) is 1. The van der Waals surface area contributed by atoms with Crippen molar-refractivity contribution in [2.75, 3.05) is 19.8 Å². The highest BCUT2D eigenvalue weighted by atomic mass is 16.5. The van der Waals surface area contributed by atoms with Gasteiger partial charge in [0, 0.05) is 19.6 Å². The standard InChI is InChI=1S/C10H18O4/c1-3-13-7-5-6-9(11)8-10(12)14-4-2/h3-8H2,1-2H3. The minimum atomic E-state index is -0.436. The van der Waals surface area contributed by atoms with Crippen LogP contribution < -0.4 is 0 Å². The van der Waals surface area contributed by atoms with E-state index >= 15 is 0 Å². The molecule has 0 bridgehead atoms. The fraction of sp³-hybridized carbons (Fsp3) is 0.800. The van der Waals surface area contributed by atoms with Gasteiger partial charge in [-0.1, -0.05) is 0 Å². The number of ketones is 1. The molecule has 0 radical (unpaired) electrons. The number of hydrogen-bond donors (Lipinski definition) is 0. The van der Waals surface area contributed by atoms with Crippen LogP contribution in [0.4, 0.5) is 0 Å². The van der Waals surface area contributed by atoms with Gasteiger partial charge >= 0.3 is 5.97 Å². The van der Waals surface area contributed by atoms with Gasteiger partial charge in [0.25, 0.3) is 0 Å². The molecule has 0 saturated heterocycles. The molecule has 0 aliphatic heterocycles. The number of carbonyl (C=O) groups is 2. The molecule has 0 N–H and O–H groups in total. The van der Waals surface area contributed by atoms with Crippen molar-refractivity contribution in [1.29, 1.82) is 0 Å². The van der Waals surface area contributed by atoms with Gasteiger partial charge in [-0.2, -0.15) is 0 Å². The summed E-state index contributed by atoms with van der Waals surface area (Å²) >= 11 is 0. The average Bonchev–Trinajstić information content (AvgIpc) is 2.13. The monoisotopic (exact) mass is 202 g/mol. The minimum absolute atomic E-state index is 0.0804. The largest absolute Gasteiger partial charge is 0.466 e. The maximum atomic E-state index is 11.1. The Labute approximate surface area is 84.6 Å². The first-order chi connectivity index (χ1) is 6.70. The van der Waals surface area contributed by atoms with E-state index in [0.717, 1.165) is 0 Å². The van der Waals surface area contributed by atoms with E-state index in [1.807, 2.05) is 6.92 Å². The second-order valence-corrected chi connectivity index (χ2v) is 2.82. The number of hydrogen-bond acceptors (Lipinski definition) is 4. The molecule has 0 spiro atoms. The van der Waals surface area contributed by atoms with Crippen molar-refractivity contribution in [3.8, 4) is 0 Å². The first-order valence-corrected chi connectivity index (χ1v) is 4.95. The van der Waals surface area contributed by atoms with Crippen LogP contribution in [0.1, 0.15) is 33.1 Å². The average molecular weight is 202 g/mol. The summed E-state index contributed by atoms with van der Waals surface area (Å²) in [6, 6.07) is 0. The molecule has 0 fully saturated rings. The smallest absolute Gasteiger partial charge is 0.313 e. The summed E-state index contributed by atoms with van der Waals surface area (Å²) in [5.74, 6) is -0.517. The predicted molar refractivity (Wildman–Crippen MR) is 52.0 cm³/mol. The first kappa shape index (κ1) is 13.1. The van der Waals surface area contributed by atoms with E-state index in [9.17, 15) is 9.59 Å². The van der Waals surface area contributed by atoms with Crippen LogP contribution in [0.2, 0.25) is 0 Å². The molecule has 0 rings (SSSR count). The summed E-state index contributed by atoms with van der Waals surface area (Å²) < 4.78 is 9.72. The van der Waals surface area contributed by atoms with Crippen molar-refractivity contribution in [3.63, 3.8) is 0 Å². The molecular weight excluding hydrogens is 184 g/mol. The maximum Gasteiger partial charge on any atom is 0.313 e. The molecule has 0 aromatic carbocycles. The lowest BCUT2D eigenvalue weighted by Gasteiger charge is -2.01. The lowest BCUT2D eigenvalue weighted by Crippen LogP contribution is -2.11. The fourth-order valence-electron chi connectivity index (χ4n) is 0.977. The number of rotatable bonds is 8. The second-order valence-electron chi connectivity index (χ2n) is 2.82. The summed E-state index contributed by atoms with van der Waals surface area (Å²) in [6.07, 6.45) is 0.949. The van der Waals surface area contributed by atoms with Gasteiger partial charge in [0.1, 0.15) is 12.2 Å². The summed E-state index contributed by atoms with van der Waals surface area (Å²) in [5.41, 5.74) is 0. The molecular formula is C10H18O4. The van der Waals surface area contributed by atoms with Crippen molar-refractivity contribution >= 4 is 11.8 Å². The van der Waals surface area contributed by atoms with E-state index < -0.39 is 5.97 Å². The van der Waals surface area contributed by atoms with Gasteiger partial charge in [-0.3, -0.25) is 9.59 Å². The Morgan fingerprint density at radius 3 is 2.43 bits per heavy atom. The van der Waals surface area contributed by atoms with Gasteiger partial charge in [-0.05, 0) is 20.3 Å². The van der Waals surface area contributed by atoms with E-state index in [4.69, 9.17) is 4.74 Å². The highest BCUT2D eigenvalue weighted by molar-refractivity contribution is 5.95. The maximum absolute atomic E-state index is 11.1. The van der Waals surface area contributed by atoms with Gasteiger partial charge in [0.2, 0.25) is 0 Å². The Balaban J connectivity index is 3.40. The van der Waals surface area contributed by atoms with Crippen molar-refractivity contribution < 1.29 is 19.1 Å². The molecule has 0 heterocycles. The number of esters is 1. The SMILES string of the molecule is CCOCCCC(=O)CC(=O)OCC. The fourth-order valence-corrected chi connectivity index (χ4v) is 0.977. The van der Waals surface area contributed by atoms with Gasteiger partial charge in [-0.15, -0.1) is 0 Å². The van der Waals surface area contributed by atoms with Gasteiger partial charge in [0.05, 0.1) is 6.61 Å². The van der Waals surface area contributed by atoms with Crippen LogP contribution in [-0.2, 0) is 19.1 Å². The minimum Gasteiger partial charge on any atom is -0.466 e. The molecule has 4 nitrogen and oxygen atoms in total. The molecule has 0 aliphatic rings. The molecule has 14 heavy (non-hydrogen) atoms. The highest BCUT2D eigenvalue weighted by Crippen LogP contribution is 1.97. The summed E-state index contributed by atoms with van der Waals surface area (Å²) in [4.78, 5) is 22.0. The van der Waals surface area contributed by atoms with E-state index in [0.29, 0.717) is 32.7 Å². The second kappa shape index (κ2) is 8.69. The van der Waals surface area contributed by atoms with E-state index in [-0.39, 0.29) is 12.2 Å². The molecule has 0 aliphatic carbocycles. The van der Waals surface area contributed by atoms with Crippen molar-refractivity contribution in [2.45, 2.75) is 33.1 Å². The zero-order chi connectivity index (χ0) is 10.8. The molecule has 0 unspecified atom stereocenters. The van der Waals surface area contributed by atoms with E-state index in [1.54, 1.807) is 6.92 Å². The molecule has 0 aromatic rings. The van der Waals surface area contributed by atoms with Crippen LogP contribution in [0.15, 0.2) is 0 Å². The third kappa shape index (κ3) is 7.73. The Morgan fingerprint density at radius 1 is 1.14 bits per heavy atom. The molecule has 82 valence electrons. The van der Waals surface area contributed by atoms with Crippen molar-refractivity contribution in [2.24, 2.45) is 0 Å². The van der Waals surface area contributed by atoms with Crippen LogP contribution in [0.3, 0.4) is 0 Å². The number of carbonyl (C=O) groups excluding carboxylic acids is 2. The Morgan fingerprint density at radius 2 is 1.86 bits per heavy atom. The molecule has 0 atom stereocenters. The Hall–Kier alpha value is -0.900. The predicted octanol–water partition coefficient (Wildman–Crippen LogP) is 1.33. The quantitative estimate of drug-likeness (QED) is 0.338. The first-order valence-electron chi connectivity index (χ1n) is 4.95. The Bertz CT molecular complexity index is 177. The van der Waals surface area contributed by atoms with Gasteiger partial charge < -0.3 is 9.47 Å². The van der Waals surface area contributed by atoms with Gasteiger partial charge in [0.15, 0.2) is 0 Å². The lowest BCUT2D eigenvalue weighted by atomic mass is 10.2. The normalized spacial score (nSPS) is 9.86. The highest BCUT2D eigenvalue weighted by Gasteiger charge is 2.09. The van der Waals surface area contributed by atoms with E-state index in [2.05, 4.69) is 4.74 Å². The van der Waals surface area contributed by atoms with Crippen LogP contribution in [0, 0.1) is 0 Å². The zero-order valence-corrected chi connectivity index (χ0v) is 8.88. The number of ether oxygens (including phenoxy) is 2. The Kier molecular flexibility index (Phi) is 8.13. The van der Waals surface area contributed by atoms with E-state index in [1.165, 1.54) is 0 Å². The van der Waals surface area contributed by atoms with Crippen LogP contribution in [0.5, 0.6) is 0 Å². The summed E-state index contributed by atoms with van der Waals surface area (Å²) in [7, 11) is 0. The summed E-state index contributed by atoms with van der Waals surface area (Å²) in [6.45, 7) is 5.18. The third-order valence-corrected chi connectivity index (χ3v) is 1.60. The molecule has 4 heteroatoms. The van der Waals surface area contributed by atoms with Crippen LogP contribution in [0.25, 0.3) is 0 Å². The van der Waals surface area contributed by atoms with Crippen LogP contribution in [-0.4, -0.2) is 31.6 Å². The van der Waals surface area contributed by atoms with Gasteiger partial charge in [-0.25, -0.2) is 0 Å². The third-order valence-electron chi connectivity index (χ3n) is 1.60. The van der Waals surface area contributed by atoms with Crippen molar-refractivity contribution in [3.05, 3.63) is 0 Å². The summed E-state index contributed by atoms with van der Waals surface area (Å²) in [5, 5.41) is 0. The molecule has 0 saturated carbocycles. The molecule has 0 aromatic heterocycles. The van der Waals surface area contributed by atoms with Crippen LogP contribution >= 0.6 is 0 Å². The van der Waals surface area contributed by atoms with Crippen molar-refractivity contribution in [1.82, 2.24) is 0 Å². The zero-order valence-electron chi connectivity index (χ0n) is 8.88. The topological polar surface area (TPSA) is 52.6 Å². The lowest BCUT2D eigenvalue weighted by molar-refractivity contribution is -0.145.